The maximum atomic E-state index is 13.2. The van der Waals surface area contributed by atoms with Crippen molar-refractivity contribution < 1.29 is 9.90 Å². The molecule has 2 aromatic heterocycles. The molecule has 0 saturated carbocycles. The van der Waals surface area contributed by atoms with Gasteiger partial charge in [-0.15, -0.1) is 0 Å². The van der Waals surface area contributed by atoms with Gasteiger partial charge in [0.25, 0.3) is 5.91 Å². The maximum absolute atomic E-state index is 13.2. The average Bonchev–Trinajstić information content (AvgIpc) is 3.61. The molecule has 1 N–H and O–H groups in total. The van der Waals surface area contributed by atoms with Gasteiger partial charge in [0.15, 0.2) is 5.82 Å². The first-order valence-corrected chi connectivity index (χ1v) is 11.4. The van der Waals surface area contributed by atoms with Crippen LogP contribution in [0.1, 0.15) is 41.6 Å². The van der Waals surface area contributed by atoms with Gasteiger partial charge in [-0.3, -0.25) is 4.79 Å². The zero-order valence-corrected chi connectivity index (χ0v) is 18.4. The normalized spacial score (nSPS) is 18.5. The predicted octanol–water partition coefficient (Wildman–Crippen LogP) is 3.21. The molecular formula is C25H26N6O2. The van der Waals surface area contributed by atoms with E-state index in [9.17, 15) is 9.90 Å². The number of nitrogens with zero attached hydrogens (tertiary/aromatic N) is 6. The molecule has 3 aromatic rings. The minimum absolute atomic E-state index is 0.0127. The minimum atomic E-state index is -0.0449. The highest BCUT2D eigenvalue weighted by Crippen LogP contribution is 2.31. The van der Waals surface area contributed by atoms with Crippen molar-refractivity contribution in [2.24, 2.45) is 0 Å². The molecule has 8 nitrogen and oxygen atoms in total. The lowest BCUT2D eigenvalue weighted by atomic mass is 10.1. The fraction of sp³-hybridized carbons (Fsp3) is 0.360. The lowest BCUT2D eigenvalue weighted by molar-refractivity contribution is 0.0708. The number of aromatic hydroxyl groups is 1. The number of nitriles is 1. The smallest absolute Gasteiger partial charge is 0.255 e. The van der Waals surface area contributed by atoms with E-state index in [0.717, 1.165) is 44.6 Å². The number of hydrogen-bond acceptors (Lipinski definition) is 6. The summed E-state index contributed by atoms with van der Waals surface area (Å²) in [4.78, 5) is 22.0. The minimum Gasteiger partial charge on any atom is -0.493 e. The number of hydrogen-bond donors (Lipinski definition) is 1. The number of benzene rings is 1. The van der Waals surface area contributed by atoms with Crippen molar-refractivity contribution in [3.8, 4) is 28.9 Å². The Kier molecular flexibility index (Phi) is 5.80. The van der Waals surface area contributed by atoms with E-state index in [1.165, 1.54) is 17.5 Å². The van der Waals surface area contributed by atoms with E-state index in [-0.39, 0.29) is 17.8 Å². The van der Waals surface area contributed by atoms with Crippen LogP contribution < -0.4 is 0 Å². The van der Waals surface area contributed by atoms with Crippen LogP contribution in [0.4, 0.5) is 0 Å². The van der Waals surface area contributed by atoms with E-state index in [1.54, 1.807) is 48.8 Å². The van der Waals surface area contributed by atoms with Gasteiger partial charge in [0.1, 0.15) is 0 Å². The Morgan fingerprint density at radius 3 is 2.55 bits per heavy atom. The summed E-state index contributed by atoms with van der Waals surface area (Å²) in [7, 11) is 0. The Morgan fingerprint density at radius 2 is 1.85 bits per heavy atom. The summed E-state index contributed by atoms with van der Waals surface area (Å²) in [5.74, 6) is 0.397. The second-order valence-corrected chi connectivity index (χ2v) is 8.69. The molecule has 0 aliphatic carbocycles. The predicted molar refractivity (Wildman–Crippen MR) is 123 cm³/mol. The van der Waals surface area contributed by atoms with Crippen LogP contribution in [-0.4, -0.2) is 67.8 Å². The topological polar surface area (TPSA) is 98.3 Å². The van der Waals surface area contributed by atoms with Gasteiger partial charge in [0.2, 0.25) is 5.88 Å². The van der Waals surface area contributed by atoms with Gasteiger partial charge in [-0.25, -0.2) is 4.98 Å². The van der Waals surface area contributed by atoms with Crippen LogP contribution in [0.15, 0.2) is 48.8 Å². The highest BCUT2D eigenvalue weighted by molar-refractivity contribution is 5.94. The molecular weight excluding hydrogens is 416 g/mol. The van der Waals surface area contributed by atoms with Gasteiger partial charge < -0.3 is 14.9 Å². The average molecular weight is 443 g/mol. The van der Waals surface area contributed by atoms with E-state index >= 15 is 0 Å². The number of aromatic nitrogens is 3. The second-order valence-electron chi connectivity index (χ2n) is 8.69. The largest absolute Gasteiger partial charge is 0.493 e. The second kappa shape index (κ2) is 9.04. The fourth-order valence-corrected chi connectivity index (χ4v) is 4.80. The van der Waals surface area contributed by atoms with Crippen molar-refractivity contribution in [3.05, 3.63) is 59.9 Å². The Bertz CT molecular complexity index is 1170. The summed E-state index contributed by atoms with van der Waals surface area (Å²) >= 11 is 0. The molecule has 33 heavy (non-hydrogen) atoms. The zero-order valence-electron chi connectivity index (χ0n) is 18.4. The summed E-state index contributed by atoms with van der Waals surface area (Å²) in [6.07, 6.45) is 7.70. The highest BCUT2D eigenvalue weighted by Gasteiger charge is 2.31. The summed E-state index contributed by atoms with van der Waals surface area (Å²) in [6, 6.07) is 12.7. The molecule has 5 rings (SSSR count). The van der Waals surface area contributed by atoms with Crippen molar-refractivity contribution in [3.63, 3.8) is 0 Å². The molecule has 0 spiro atoms. The lowest BCUT2D eigenvalue weighted by Crippen LogP contribution is -2.42. The number of amides is 1. The Balaban J connectivity index is 1.32. The molecule has 8 heteroatoms. The maximum Gasteiger partial charge on any atom is 0.255 e. The molecule has 2 aliphatic rings. The molecule has 168 valence electrons. The van der Waals surface area contributed by atoms with Crippen LogP contribution in [0.5, 0.6) is 5.88 Å². The van der Waals surface area contributed by atoms with Crippen LogP contribution >= 0.6 is 0 Å². The van der Waals surface area contributed by atoms with Gasteiger partial charge in [0.05, 0.1) is 29.0 Å². The molecule has 2 aliphatic heterocycles. The van der Waals surface area contributed by atoms with Crippen LogP contribution in [0.2, 0.25) is 0 Å². The lowest BCUT2D eigenvalue weighted by Gasteiger charge is -2.28. The number of likely N-dealkylation sites (tertiary alicyclic amines) is 2. The zero-order chi connectivity index (χ0) is 22.8. The molecule has 0 unspecified atom stereocenters. The van der Waals surface area contributed by atoms with Crippen LogP contribution in [-0.2, 0) is 0 Å². The van der Waals surface area contributed by atoms with Crippen molar-refractivity contribution >= 4 is 5.91 Å². The van der Waals surface area contributed by atoms with E-state index in [2.05, 4.69) is 21.1 Å². The number of carbonyl (C=O) groups is 1. The van der Waals surface area contributed by atoms with E-state index in [1.807, 2.05) is 4.90 Å². The molecule has 1 atom stereocenters. The van der Waals surface area contributed by atoms with Crippen molar-refractivity contribution in [2.75, 3.05) is 26.2 Å². The van der Waals surface area contributed by atoms with Crippen LogP contribution in [0.3, 0.4) is 0 Å². The monoisotopic (exact) mass is 442 g/mol. The number of rotatable bonds is 5. The number of pyridine rings is 1. The summed E-state index contributed by atoms with van der Waals surface area (Å²) < 4.78 is 1.34. The SMILES string of the molecule is N#Cc1ccc(-c2cnn(-c3ccc(C(=O)N4CCC[C@H]4CN4CCCC4)cn3)c2O)cc1. The van der Waals surface area contributed by atoms with Crippen molar-refractivity contribution in [1.29, 1.82) is 5.26 Å². The molecule has 4 heterocycles. The Labute approximate surface area is 192 Å². The standard InChI is InChI=1S/C25H26N6O2/c26-14-18-5-7-19(8-6-18)22-16-28-31(25(22)33)23-10-9-20(15-27-23)24(32)30-13-3-4-21(30)17-29-11-1-2-12-29/h5-10,15-16,21,33H,1-4,11-13,17H2/t21-/m0/s1. The molecule has 0 radical (unpaired) electrons. The van der Waals surface area contributed by atoms with Crippen LogP contribution in [0.25, 0.3) is 16.9 Å². The fourth-order valence-electron chi connectivity index (χ4n) is 4.80. The van der Waals surface area contributed by atoms with Gasteiger partial charge >= 0.3 is 0 Å². The summed E-state index contributed by atoms with van der Waals surface area (Å²) in [5.41, 5.74) is 2.39. The third-order valence-electron chi connectivity index (χ3n) is 6.59. The highest BCUT2D eigenvalue weighted by atomic mass is 16.3. The quantitative estimate of drug-likeness (QED) is 0.652. The Hall–Kier alpha value is -3.70. The van der Waals surface area contributed by atoms with Gasteiger partial charge in [0, 0.05) is 25.3 Å². The first kappa shape index (κ1) is 21.2. The van der Waals surface area contributed by atoms with Crippen molar-refractivity contribution in [1.82, 2.24) is 24.6 Å². The van der Waals surface area contributed by atoms with E-state index < -0.39 is 0 Å². The first-order valence-electron chi connectivity index (χ1n) is 11.4. The molecule has 2 fully saturated rings. The number of carbonyl (C=O) groups excluding carboxylic acids is 1. The summed E-state index contributed by atoms with van der Waals surface area (Å²) in [6.45, 7) is 4.00. The molecule has 1 aromatic carbocycles. The van der Waals surface area contributed by atoms with E-state index in [0.29, 0.717) is 22.5 Å². The Morgan fingerprint density at radius 1 is 1.06 bits per heavy atom. The molecule has 0 bridgehead atoms. The van der Waals surface area contributed by atoms with Crippen molar-refractivity contribution in [2.45, 2.75) is 31.7 Å². The van der Waals surface area contributed by atoms with Crippen LogP contribution in [0, 0.1) is 11.3 Å². The first-order chi connectivity index (χ1) is 16.1. The molecule has 1 amide bonds. The van der Waals surface area contributed by atoms with Gasteiger partial charge in [-0.05, 0) is 68.6 Å². The third-order valence-corrected chi connectivity index (χ3v) is 6.59. The van der Waals surface area contributed by atoms with Gasteiger partial charge in [-0.1, -0.05) is 12.1 Å². The third kappa shape index (κ3) is 4.20. The molecule has 2 saturated heterocycles. The van der Waals surface area contributed by atoms with E-state index in [4.69, 9.17) is 5.26 Å². The summed E-state index contributed by atoms with van der Waals surface area (Å²) in [5, 5.41) is 23.9. The van der Waals surface area contributed by atoms with Gasteiger partial charge in [-0.2, -0.15) is 15.0 Å².